The first-order valence-electron chi connectivity index (χ1n) is 9.28. The number of piperazine rings is 1. The number of rotatable bonds is 5. The summed E-state index contributed by atoms with van der Waals surface area (Å²) >= 11 is 3.51. The minimum atomic E-state index is -0.517. The zero-order valence-electron chi connectivity index (χ0n) is 16.1. The van der Waals surface area contributed by atoms with Gasteiger partial charge in [-0.25, -0.2) is 0 Å². The zero-order valence-corrected chi connectivity index (χ0v) is 17.6. The number of amides is 1. The second kappa shape index (κ2) is 8.85. The fraction of sp³-hybridized carbons (Fsp3) is 0.429. The largest absolute Gasteiger partial charge is 0.480 e. The third-order valence-electron chi connectivity index (χ3n) is 4.86. The first-order chi connectivity index (χ1) is 12.9. The number of benzene rings is 1. The van der Waals surface area contributed by atoms with E-state index in [4.69, 9.17) is 4.74 Å². The molecule has 1 aromatic heterocycles. The first kappa shape index (κ1) is 19.8. The number of carbonyl (C=O) groups is 1. The molecule has 1 saturated heterocycles. The fourth-order valence-electron chi connectivity index (χ4n) is 3.43. The molecule has 1 fully saturated rings. The van der Waals surface area contributed by atoms with Gasteiger partial charge in [0.1, 0.15) is 5.75 Å². The summed E-state index contributed by atoms with van der Waals surface area (Å²) in [7, 11) is 0. The molecular formula is C21H26BrN3O2. The lowest BCUT2D eigenvalue weighted by atomic mass is 10.1. The average molecular weight is 432 g/mol. The van der Waals surface area contributed by atoms with Crippen LogP contribution in [0.15, 0.2) is 47.2 Å². The summed E-state index contributed by atoms with van der Waals surface area (Å²) in [6.07, 6.45) is 3.17. The second-order valence-electron chi connectivity index (χ2n) is 7.17. The molecule has 3 rings (SSSR count). The van der Waals surface area contributed by atoms with Crippen molar-refractivity contribution < 1.29 is 9.53 Å². The molecule has 1 aliphatic heterocycles. The van der Waals surface area contributed by atoms with Crippen LogP contribution in [0.4, 0.5) is 0 Å². The molecule has 1 amide bonds. The summed E-state index contributed by atoms with van der Waals surface area (Å²) in [5.74, 6) is 0.736. The molecule has 0 saturated carbocycles. The van der Waals surface area contributed by atoms with Crippen LogP contribution in [-0.4, -0.2) is 52.5 Å². The van der Waals surface area contributed by atoms with Gasteiger partial charge in [-0.15, -0.1) is 0 Å². The summed E-state index contributed by atoms with van der Waals surface area (Å²) in [5.41, 5.74) is 2.34. The van der Waals surface area contributed by atoms with Crippen molar-refractivity contribution in [1.82, 2.24) is 14.8 Å². The normalized spacial score (nSPS) is 19.0. The van der Waals surface area contributed by atoms with Crippen LogP contribution in [0.3, 0.4) is 0 Å². The van der Waals surface area contributed by atoms with Crippen molar-refractivity contribution in [3.63, 3.8) is 0 Å². The molecule has 0 unspecified atom stereocenters. The monoisotopic (exact) mass is 431 g/mol. The number of pyridine rings is 1. The summed E-state index contributed by atoms with van der Waals surface area (Å²) < 4.78 is 6.80. The molecule has 144 valence electrons. The molecule has 0 radical (unpaired) electrons. The summed E-state index contributed by atoms with van der Waals surface area (Å²) in [5, 5.41) is 0. The van der Waals surface area contributed by atoms with Crippen LogP contribution in [0.5, 0.6) is 5.75 Å². The Bertz CT molecular complexity index is 784. The van der Waals surface area contributed by atoms with E-state index in [2.05, 4.69) is 38.8 Å². The lowest BCUT2D eigenvalue weighted by Gasteiger charge is -2.40. The minimum Gasteiger partial charge on any atom is -0.480 e. The Balaban J connectivity index is 1.57. The van der Waals surface area contributed by atoms with Crippen LogP contribution in [0.2, 0.25) is 0 Å². The van der Waals surface area contributed by atoms with Gasteiger partial charge in [0.15, 0.2) is 6.10 Å². The van der Waals surface area contributed by atoms with E-state index in [-0.39, 0.29) is 11.9 Å². The maximum absolute atomic E-state index is 12.9. The highest BCUT2D eigenvalue weighted by Crippen LogP contribution is 2.27. The quantitative estimate of drug-likeness (QED) is 0.724. The van der Waals surface area contributed by atoms with Crippen LogP contribution < -0.4 is 4.74 Å². The Morgan fingerprint density at radius 1 is 1.37 bits per heavy atom. The number of nitrogens with zero attached hydrogens (tertiary/aromatic N) is 3. The summed E-state index contributed by atoms with van der Waals surface area (Å²) in [6.45, 7) is 9.22. The Morgan fingerprint density at radius 2 is 2.19 bits per heavy atom. The van der Waals surface area contributed by atoms with Crippen molar-refractivity contribution in [3.8, 4) is 5.75 Å². The van der Waals surface area contributed by atoms with Crippen molar-refractivity contribution in [3.05, 3.63) is 58.3 Å². The first-order valence-corrected chi connectivity index (χ1v) is 10.1. The van der Waals surface area contributed by atoms with Crippen molar-refractivity contribution in [1.29, 1.82) is 0 Å². The number of ether oxygens (including phenoxy) is 1. The lowest BCUT2D eigenvalue weighted by Crippen LogP contribution is -2.56. The number of hydrogen-bond donors (Lipinski definition) is 0. The molecule has 0 bridgehead atoms. The van der Waals surface area contributed by atoms with Gasteiger partial charge < -0.3 is 9.64 Å². The number of hydrogen-bond acceptors (Lipinski definition) is 4. The standard InChI is InChI=1S/C21H26BrN3O2/c1-15-6-7-20(19(22)11-15)27-17(3)21(26)25-10-9-24(13-16(25)2)14-18-5-4-8-23-12-18/h4-8,11-12,16-17H,9-10,13-14H2,1-3H3/t16-,17-/m1/s1. The van der Waals surface area contributed by atoms with E-state index in [9.17, 15) is 4.79 Å². The predicted molar refractivity (Wildman–Crippen MR) is 110 cm³/mol. The van der Waals surface area contributed by atoms with E-state index in [0.29, 0.717) is 12.3 Å². The van der Waals surface area contributed by atoms with Gasteiger partial charge in [-0.3, -0.25) is 14.7 Å². The van der Waals surface area contributed by atoms with Gasteiger partial charge >= 0.3 is 0 Å². The van der Waals surface area contributed by atoms with E-state index in [1.54, 1.807) is 6.20 Å². The van der Waals surface area contributed by atoms with Gasteiger partial charge in [-0.1, -0.05) is 12.1 Å². The average Bonchev–Trinajstić information content (AvgIpc) is 2.64. The number of aryl methyl sites for hydroxylation is 1. The van der Waals surface area contributed by atoms with E-state index in [0.717, 1.165) is 29.7 Å². The minimum absolute atomic E-state index is 0.0380. The van der Waals surface area contributed by atoms with Crippen LogP contribution >= 0.6 is 15.9 Å². The second-order valence-corrected chi connectivity index (χ2v) is 8.03. The molecule has 2 heterocycles. The summed E-state index contributed by atoms with van der Waals surface area (Å²) in [4.78, 5) is 21.4. The SMILES string of the molecule is Cc1ccc(O[C@H](C)C(=O)N2CCN(Cc3cccnc3)C[C@H]2C)c(Br)c1. The van der Waals surface area contributed by atoms with Crippen molar-refractivity contribution >= 4 is 21.8 Å². The molecule has 5 nitrogen and oxygen atoms in total. The summed E-state index contributed by atoms with van der Waals surface area (Å²) in [6, 6.07) is 10.1. The Labute approximate surface area is 169 Å². The highest BCUT2D eigenvalue weighted by molar-refractivity contribution is 9.10. The van der Waals surface area contributed by atoms with E-state index in [1.165, 1.54) is 5.56 Å². The van der Waals surface area contributed by atoms with Gasteiger partial charge in [0.25, 0.3) is 5.91 Å². The molecule has 0 N–H and O–H groups in total. The van der Waals surface area contributed by atoms with Crippen molar-refractivity contribution in [2.24, 2.45) is 0 Å². The lowest BCUT2D eigenvalue weighted by molar-refractivity contribution is -0.142. The molecule has 1 aromatic carbocycles. The van der Waals surface area contributed by atoms with Crippen LogP contribution in [0.25, 0.3) is 0 Å². The van der Waals surface area contributed by atoms with E-state index >= 15 is 0 Å². The molecule has 0 spiro atoms. The maximum Gasteiger partial charge on any atom is 0.263 e. The van der Waals surface area contributed by atoms with E-state index in [1.807, 2.05) is 49.2 Å². The highest BCUT2D eigenvalue weighted by atomic mass is 79.9. The molecule has 27 heavy (non-hydrogen) atoms. The molecule has 1 aliphatic rings. The van der Waals surface area contributed by atoms with Gasteiger partial charge in [0.2, 0.25) is 0 Å². The smallest absolute Gasteiger partial charge is 0.263 e. The topological polar surface area (TPSA) is 45.7 Å². The predicted octanol–water partition coefficient (Wildman–Crippen LogP) is 3.65. The highest BCUT2D eigenvalue weighted by Gasteiger charge is 2.31. The Morgan fingerprint density at radius 3 is 2.85 bits per heavy atom. The third-order valence-corrected chi connectivity index (χ3v) is 5.48. The number of carbonyl (C=O) groups excluding carboxylic acids is 1. The van der Waals surface area contributed by atoms with E-state index < -0.39 is 6.10 Å². The van der Waals surface area contributed by atoms with Crippen molar-refractivity contribution in [2.75, 3.05) is 19.6 Å². The Kier molecular flexibility index (Phi) is 6.50. The zero-order chi connectivity index (χ0) is 19.4. The van der Waals surface area contributed by atoms with Gasteiger partial charge in [-0.05, 0) is 66.0 Å². The fourth-order valence-corrected chi connectivity index (χ4v) is 4.02. The molecule has 2 atom stereocenters. The van der Waals surface area contributed by atoms with Crippen LogP contribution in [0, 0.1) is 6.92 Å². The van der Waals surface area contributed by atoms with Gasteiger partial charge in [0.05, 0.1) is 4.47 Å². The maximum atomic E-state index is 12.9. The molecule has 0 aliphatic carbocycles. The molecular weight excluding hydrogens is 406 g/mol. The Hall–Kier alpha value is -1.92. The number of aromatic nitrogens is 1. The van der Waals surface area contributed by atoms with Crippen LogP contribution in [-0.2, 0) is 11.3 Å². The molecule has 2 aromatic rings. The third kappa shape index (κ3) is 5.08. The van der Waals surface area contributed by atoms with Crippen molar-refractivity contribution in [2.45, 2.75) is 39.5 Å². The van der Waals surface area contributed by atoms with Gasteiger partial charge in [-0.2, -0.15) is 0 Å². The number of halogens is 1. The van der Waals surface area contributed by atoms with Crippen LogP contribution in [0.1, 0.15) is 25.0 Å². The molecule has 6 heteroatoms. The van der Waals surface area contributed by atoms with Gasteiger partial charge in [0, 0.05) is 44.6 Å².